The van der Waals surface area contributed by atoms with Gasteiger partial charge in [-0.3, -0.25) is 4.79 Å². The number of carbonyl (C=O) groups excluding carboxylic acids is 1. The summed E-state index contributed by atoms with van der Waals surface area (Å²) in [5.74, 6) is 0.167. The Balaban J connectivity index is 1.67. The summed E-state index contributed by atoms with van der Waals surface area (Å²) in [5.41, 5.74) is 0.418. The van der Waals surface area contributed by atoms with Crippen molar-refractivity contribution < 1.29 is 9.53 Å². The molecule has 0 aromatic rings. The molecule has 0 bridgehead atoms. The van der Waals surface area contributed by atoms with Gasteiger partial charge in [-0.1, -0.05) is 19.8 Å². The Bertz CT molecular complexity index is 271. The molecular formula is C14H26N2O2. The topological polar surface area (TPSA) is 50.4 Å². The van der Waals surface area contributed by atoms with Gasteiger partial charge in [-0.25, -0.2) is 0 Å². The zero-order valence-corrected chi connectivity index (χ0v) is 11.5. The van der Waals surface area contributed by atoms with Crippen LogP contribution in [0.2, 0.25) is 0 Å². The lowest BCUT2D eigenvalue weighted by molar-refractivity contribution is -0.123. The number of hydrogen-bond acceptors (Lipinski definition) is 3. The average Bonchev–Trinajstić information content (AvgIpc) is 2.34. The molecule has 4 heteroatoms. The molecule has 1 atom stereocenters. The van der Waals surface area contributed by atoms with E-state index in [1.807, 2.05) is 0 Å². The Morgan fingerprint density at radius 2 is 2.33 bits per heavy atom. The second-order valence-electron chi connectivity index (χ2n) is 5.81. The van der Waals surface area contributed by atoms with E-state index in [1.54, 1.807) is 0 Å². The van der Waals surface area contributed by atoms with Gasteiger partial charge >= 0.3 is 0 Å². The van der Waals surface area contributed by atoms with Crippen LogP contribution < -0.4 is 10.6 Å². The molecule has 1 saturated heterocycles. The van der Waals surface area contributed by atoms with Gasteiger partial charge in [0.2, 0.25) is 5.91 Å². The van der Waals surface area contributed by atoms with Crippen LogP contribution in [0.1, 0.15) is 45.4 Å². The van der Waals surface area contributed by atoms with Crippen LogP contribution in [0.4, 0.5) is 0 Å². The van der Waals surface area contributed by atoms with Crippen molar-refractivity contribution in [3.8, 4) is 0 Å². The monoisotopic (exact) mass is 254 g/mol. The maximum absolute atomic E-state index is 11.9. The third-order valence-corrected chi connectivity index (χ3v) is 4.29. The van der Waals surface area contributed by atoms with Gasteiger partial charge in [-0.15, -0.1) is 0 Å². The summed E-state index contributed by atoms with van der Waals surface area (Å²) in [6.07, 6.45) is 6.90. The van der Waals surface area contributed by atoms with Crippen LogP contribution in [0.3, 0.4) is 0 Å². The first-order valence-corrected chi connectivity index (χ1v) is 7.32. The van der Waals surface area contributed by atoms with Crippen molar-refractivity contribution in [1.29, 1.82) is 0 Å². The van der Waals surface area contributed by atoms with Gasteiger partial charge < -0.3 is 15.4 Å². The molecule has 0 spiro atoms. The van der Waals surface area contributed by atoms with Crippen molar-refractivity contribution in [2.75, 3.05) is 26.3 Å². The summed E-state index contributed by atoms with van der Waals surface area (Å²) >= 11 is 0. The van der Waals surface area contributed by atoms with E-state index in [4.69, 9.17) is 4.74 Å². The number of nitrogens with one attached hydrogen (secondary N) is 2. The number of amides is 1. The minimum Gasteiger partial charge on any atom is -0.378 e. The first-order chi connectivity index (χ1) is 8.74. The van der Waals surface area contributed by atoms with Crippen molar-refractivity contribution in [2.24, 2.45) is 5.41 Å². The zero-order valence-electron chi connectivity index (χ0n) is 11.5. The second-order valence-corrected chi connectivity index (χ2v) is 5.81. The van der Waals surface area contributed by atoms with Crippen LogP contribution in [0.5, 0.6) is 0 Å². The van der Waals surface area contributed by atoms with Gasteiger partial charge in [-0.05, 0) is 24.7 Å². The molecule has 104 valence electrons. The number of hydrogen-bond donors (Lipinski definition) is 2. The van der Waals surface area contributed by atoms with Gasteiger partial charge in [0.15, 0.2) is 0 Å². The summed E-state index contributed by atoms with van der Waals surface area (Å²) < 4.78 is 5.36. The minimum absolute atomic E-state index is 0.167. The molecule has 1 aliphatic heterocycles. The summed E-state index contributed by atoms with van der Waals surface area (Å²) in [6.45, 7) is 5.38. The third-order valence-electron chi connectivity index (χ3n) is 4.29. The Morgan fingerprint density at radius 3 is 2.89 bits per heavy atom. The largest absolute Gasteiger partial charge is 0.378 e. The van der Waals surface area contributed by atoms with Gasteiger partial charge in [-0.2, -0.15) is 0 Å². The van der Waals surface area contributed by atoms with Gasteiger partial charge in [0.25, 0.3) is 0 Å². The van der Waals surface area contributed by atoms with Gasteiger partial charge in [0, 0.05) is 25.6 Å². The first-order valence-electron chi connectivity index (χ1n) is 7.32. The molecule has 2 fully saturated rings. The fourth-order valence-electron chi connectivity index (χ4n) is 3.06. The molecule has 0 radical (unpaired) electrons. The van der Waals surface area contributed by atoms with Crippen LogP contribution in [0, 0.1) is 5.41 Å². The van der Waals surface area contributed by atoms with Crippen molar-refractivity contribution in [3.63, 3.8) is 0 Å². The molecule has 2 N–H and O–H groups in total. The Labute approximate surface area is 110 Å². The van der Waals surface area contributed by atoms with Crippen molar-refractivity contribution in [1.82, 2.24) is 10.6 Å². The standard InChI is InChI=1S/C14H26N2O2/c1-2-4-14(5-3-6-14)11-16-13(17)9-12-10-18-8-7-15-12/h12,15H,2-11H2,1H3,(H,16,17). The molecule has 4 nitrogen and oxygen atoms in total. The molecule has 1 unspecified atom stereocenters. The molecule has 1 saturated carbocycles. The zero-order chi connectivity index (χ0) is 12.8. The van der Waals surface area contributed by atoms with E-state index < -0.39 is 0 Å². The molecule has 1 heterocycles. The third kappa shape index (κ3) is 3.69. The van der Waals surface area contributed by atoms with Gasteiger partial charge in [0.1, 0.15) is 0 Å². The lowest BCUT2D eigenvalue weighted by Gasteiger charge is -2.42. The van der Waals surface area contributed by atoms with E-state index in [9.17, 15) is 4.79 Å². The molecular weight excluding hydrogens is 228 g/mol. The van der Waals surface area contributed by atoms with E-state index in [2.05, 4.69) is 17.6 Å². The summed E-state index contributed by atoms with van der Waals surface area (Å²) in [5, 5.41) is 6.44. The fraction of sp³-hybridized carbons (Fsp3) is 0.929. The SMILES string of the molecule is CCCC1(CNC(=O)CC2COCCN2)CCC1. The highest BCUT2D eigenvalue weighted by Crippen LogP contribution is 2.44. The van der Waals surface area contributed by atoms with Crippen molar-refractivity contribution in [2.45, 2.75) is 51.5 Å². The van der Waals surface area contributed by atoms with Crippen LogP contribution in [0.15, 0.2) is 0 Å². The van der Waals surface area contributed by atoms with E-state index in [0.717, 1.165) is 19.7 Å². The van der Waals surface area contributed by atoms with E-state index in [-0.39, 0.29) is 11.9 Å². The number of ether oxygens (including phenoxy) is 1. The maximum Gasteiger partial charge on any atom is 0.221 e. The molecule has 2 aliphatic rings. The minimum atomic E-state index is 0.167. The summed E-state index contributed by atoms with van der Waals surface area (Å²) in [4.78, 5) is 11.9. The number of morpholine rings is 1. The Kier molecular flexibility index (Phi) is 5.01. The van der Waals surface area contributed by atoms with Crippen molar-refractivity contribution >= 4 is 5.91 Å². The number of rotatable bonds is 6. The van der Waals surface area contributed by atoms with E-state index >= 15 is 0 Å². The number of carbonyl (C=O) groups is 1. The molecule has 0 aromatic heterocycles. The summed E-state index contributed by atoms with van der Waals surface area (Å²) in [6, 6.07) is 0.197. The quantitative estimate of drug-likeness (QED) is 0.754. The predicted molar refractivity (Wildman–Crippen MR) is 71.4 cm³/mol. The molecule has 1 amide bonds. The van der Waals surface area contributed by atoms with Crippen LogP contribution in [-0.4, -0.2) is 38.3 Å². The molecule has 18 heavy (non-hydrogen) atoms. The normalized spacial score (nSPS) is 26.4. The van der Waals surface area contributed by atoms with Gasteiger partial charge in [0.05, 0.1) is 13.2 Å². The summed E-state index contributed by atoms with van der Waals surface area (Å²) in [7, 11) is 0. The van der Waals surface area contributed by atoms with Crippen molar-refractivity contribution in [3.05, 3.63) is 0 Å². The Hall–Kier alpha value is -0.610. The predicted octanol–water partition coefficient (Wildman–Crippen LogP) is 1.45. The maximum atomic E-state index is 11.9. The Morgan fingerprint density at radius 1 is 1.50 bits per heavy atom. The van der Waals surface area contributed by atoms with E-state index in [0.29, 0.717) is 18.4 Å². The lowest BCUT2D eigenvalue weighted by Crippen LogP contribution is -2.46. The van der Waals surface area contributed by atoms with E-state index in [1.165, 1.54) is 32.1 Å². The average molecular weight is 254 g/mol. The lowest BCUT2D eigenvalue weighted by atomic mass is 9.66. The molecule has 2 rings (SSSR count). The fourth-order valence-corrected chi connectivity index (χ4v) is 3.06. The van der Waals surface area contributed by atoms with Crippen LogP contribution >= 0.6 is 0 Å². The molecule has 1 aliphatic carbocycles. The van der Waals surface area contributed by atoms with Crippen LogP contribution in [0.25, 0.3) is 0 Å². The highest BCUT2D eigenvalue weighted by molar-refractivity contribution is 5.76. The highest BCUT2D eigenvalue weighted by Gasteiger charge is 2.36. The highest BCUT2D eigenvalue weighted by atomic mass is 16.5. The molecule has 0 aromatic carbocycles. The first kappa shape index (κ1) is 13.8. The van der Waals surface area contributed by atoms with Crippen LogP contribution in [-0.2, 0) is 9.53 Å². The second kappa shape index (κ2) is 6.53. The smallest absolute Gasteiger partial charge is 0.221 e.